The number of fused-ring (bicyclic) bond motifs is 3. The van der Waals surface area contributed by atoms with E-state index in [2.05, 4.69) is 152 Å². The molecule has 0 unspecified atom stereocenters. The molecular formula is C45H29N3S. The number of rotatable bonds is 6. The monoisotopic (exact) mass is 643 g/mol. The van der Waals surface area contributed by atoms with E-state index in [9.17, 15) is 0 Å². The number of aromatic nitrogens is 3. The highest BCUT2D eigenvalue weighted by atomic mass is 32.1. The van der Waals surface area contributed by atoms with Gasteiger partial charge in [-0.25, -0.2) is 15.0 Å². The van der Waals surface area contributed by atoms with Crippen molar-refractivity contribution in [1.29, 1.82) is 0 Å². The summed E-state index contributed by atoms with van der Waals surface area (Å²) in [5.41, 5.74) is 9.53. The van der Waals surface area contributed by atoms with Gasteiger partial charge in [-0.2, -0.15) is 0 Å². The number of thiophene rings is 1. The maximum atomic E-state index is 5.19. The maximum Gasteiger partial charge on any atom is 0.164 e. The van der Waals surface area contributed by atoms with Gasteiger partial charge in [-0.05, 0) is 51.6 Å². The fraction of sp³-hybridized carbons (Fsp3) is 0. The van der Waals surface area contributed by atoms with Crippen molar-refractivity contribution < 1.29 is 0 Å². The Morgan fingerprint density at radius 2 is 0.755 bits per heavy atom. The van der Waals surface area contributed by atoms with E-state index in [0.29, 0.717) is 17.5 Å². The third-order valence-electron chi connectivity index (χ3n) is 8.97. The number of benzene rings is 7. The first-order chi connectivity index (χ1) is 24.3. The average molecular weight is 644 g/mol. The van der Waals surface area contributed by atoms with Crippen molar-refractivity contribution in [3.05, 3.63) is 176 Å². The highest BCUT2D eigenvalue weighted by Gasteiger charge is 2.18. The molecule has 0 saturated heterocycles. The molecule has 0 N–H and O–H groups in total. The van der Waals surface area contributed by atoms with Gasteiger partial charge in [-0.3, -0.25) is 0 Å². The summed E-state index contributed by atoms with van der Waals surface area (Å²) in [4.78, 5) is 15.5. The quantitative estimate of drug-likeness (QED) is 0.181. The van der Waals surface area contributed by atoms with Crippen LogP contribution in [-0.4, -0.2) is 15.0 Å². The van der Waals surface area contributed by atoms with E-state index in [4.69, 9.17) is 15.0 Å². The van der Waals surface area contributed by atoms with Crippen LogP contribution in [0.25, 0.3) is 87.7 Å². The summed E-state index contributed by atoms with van der Waals surface area (Å²) in [6.07, 6.45) is 0. The van der Waals surface area contributed by atoms with Crippen molar-refractivity contribution in [2.75, 3.05) is 0 Å². The Labute approximate surface area is 288 Å². The maximum absolute atomic E-state index is 5.19. The standard InChI is InChI=1S/C45H29N3S/c1-3-14-30(15-4-1)35-20-7-9-23-39(35)44-46-43(47-45(48-44)40-24-10-8-21-36(40)31-16-5-2-6-17-31)34-19-13-18-32(28-34)33-26-27-38-37-22-11-12-25-41(37)49-42(38)29-33/h1-29H. The predicted octanol–water partition coefficient (Wildman–Crippen LogP) is 12.2. The molecule has 0 bridgehead atoms. The zero-order valence-electron chi connectivity index (χ0n) is 26.5. The second-order valence-electron chi connectivity index (χ2n) is 12.0. The van der Waals surface area contributed by atoms with Gasteiger partial charge in [-0.1, -0.05) is 158 Å². The van der Waals surface area contributed by atoms with Crippen LogP contribution in [0.5, 0.6) is 0 Å². The SMILES string of the molecule is c1ccc(-c2ccccc2-c2nc(-c3cccc(-c4ccc5c(c4)sc4ccccc45)c3)nc(-c3ccccc3-c3ccccc3)n2)cc1. The Kier molecular flexibility index (Phi) is 7.34. The minimum atomic E-state index is 0.635. The number of nitrogens with zero attached hydrogens (tertiary/aromatic N) is 3. The highest BCUT2D eigenvalue weighted by molar-refractivity contribution is 7.25. The van der Waals surface area contributed by atoms with E-state index in [1.807, 2.05) is 35.6 Å². The van der Waals surface area contributed by atoms with Crippen molar-refractivity contribution in [1.82, 2.24) is 15.0 Å². The molecular weight excluding hydrogens is 615 g/mol. The summed E-state index contributed by atoms with van der Waals surface area (Å²) in [5.74, 6) is 1.91. The first-order valence-corrected chi connectivity index (χ1v) is 17.2. The Hall–Kier alpha value is -6.23. The van der Waals surface area contributed by atoms with Crippen LogP contribution in [0.1, 0.15) is 0 Å². The van der Waals surface area contributed by atoms with Crippen LogP contribution >= 0.6 is 11.3 Å². The smallest absolute Gasteiger partial charge is 0.164 e. The highest BCUT2D eigenvalue weighted by Crippen LogP contribution is 2.38. The molecule has 0 radical (unpaired) electrons. The molecule has 0 spiro atoms. The van der Waals surface area contributed by atoms with Gasteiger partial charge in [0.1, 0.15) is 0 Å². The molecule has 0 aliphatic carbocycles. The molecule has 0 fully saturated rings. The first-order valence-electron chi connectivity index (χ1n) is 16.4. The van der Waals surface area contributed by atoms with Crippen LogP contribution < -0.4 is 0 Å². The van der Waals surface area contributed by atoms with Gasteiger partial charge >= 0.3 is 0 Å². The van der Waals surface area contributed by atoms with Gasteiger partial charge in [0.05, 0.1) is 0 Å². The summed E-state index contributed by atoms with van der Waals surface area (Å²) in [6, 6.07) is 61.5. The van der Waals surface area contributed by atoms with Crippen LogP contribution in [0.3, 0.4) is 0 Å². The van der Waals surface area contributed by atoms with Crippen LogP contribution in [0, 0.1) is 0 Å². The third kappa shape index (κ3) is 5.48. The van der Waals surface area contributed by atoms with E-state index in [0.717, 1.165) is 44.5 Å². The average Bonchev–Trinajstić information content (AvgIpc) is 3.56. The van der Waals surface area contributed by atoms with E-state index in [-0.39, 0.29) is 0 Å². The van der Waals surface area contributed by atoms with E-state index < -0.39 is 0 Å². The molecule has 0 amide bonds. The molecule has 0 atom stereocenters. The second-order valence-corrected chi connectivity index (χ2v) is 13.1. The van der Waals surface area contributed by atoms with Crippen molar-refractivity contribution in [3.63, 3.8) is 0 Å². The second kappa shape index (κ2) is 12.4. The Bertz CT molecular complexity index is 2510. The predicted molar refractivity (Wildman–Crippen MR) is 205 cm³/mol. The lowest BCUT2D eigenvalue weighted by Gasteiger charge is -2.14. The lowest BCUT2D eigenvalue weighted by atomic mass is 9.98. The van der Waals surface area contributed by atoms with E-state index >= 15 is 0 Å². The minimum Gasteiger partial charge on any atom is -0.208 e. The molecule has 0 aliphatic heterocycles. The van der Waals surface area contributed by atoms with Gasteiger partial charge in [0, 0.05) is 36.9 Å². The Morgan fingerprint density at radius 3 is 1.41 bits per heavy atom. The van der Waals surface area contributed by atoms with Gasteiger partial charge in [0.15, 0.2) is 17.5 Å². The van der Waals surface area contributed by atoms with Crippen molar-refractivity contribution in [2.24, 2.45) is 0 Å². The molecule has 2 aromatic heterocycles. The largest absolute Gasteiger partial charge is 0.208 e. The molecule has 49 heavy (non-hydrogen) atoms. The minimum absolute atomic E-state index is 0.635. The van der Waals surface area contributed by atoms with Gasteiger partial charge in [0.2, 0.25) is 0 Å². The molecule has 9 aromatic rings. The van der Waals surface area contributed by atoms with Gasteiger partial charge in [-0.15, -0.1) is 11.3 Å². The number of hydrogen-bond acceptors (Lipinski definition) is 4. The van der Waals surface area contributed by atoms with E-state index in [1.54, 1.807) is 0 Å². The molecule has 9 rings (SSSR count). The molecule has 230 valence electrons. The summed E-state index contributed by atoms with van der Waals surface area (Å²) >= 11 is 1.84. The lowest BCUT2D eigenvalue weighted by molar-refractivity contribution is 1.07. The van der Waals surface area contributed by atoms with Crippen molar-refractivity contribution >= 4 is 31.5 Å². The normalized spacial score (nSPS) is 11.3. The van der Waals surface area contributed by atoms with Crippen LogP contribution in [0.2, 0.25) is 0 Å². The molecule has 0 saturated carbocycles. The fourth-order valence-corrected chi connectivity index (χ4v) is 7.73. The number of hydrogen-bond donors (Lipinski definition) is 0. The molecule has 4 heteroatoms. The zero-order chi connectivity index (χ0) is 32.6. The molecule has 3 nitrogen and oxygen atoms in total. The fourth-order valence-electron chi connectivity index (χ4n) is 6.58. The van der Waals surface area contributed by atoms with Crippen LogP contribution in [0.4, 0.5) is 0 Å². The third-order valence-corrected chi connectivity index (χ3v) is 10.1. The van der Waals surface area contributed by atoms with Gasteiger partial charge in [0.25, 0.3) is 0 Å². The van der Waals surface area contributed by atoms with Crippen LogP contribution in [-0.2, 0) is 0 Å². The lowest BCUT2D eigenvalue weighted by Crippen LogP contribution is -2.02. The van der Waals surface area contributed by atoms with Crippen molar-refractivity contribution in [2.45, 2.75) is 0 Å². The van der Waals surface area contributed by atoms with Crippen molar-refractivity contribution in [3.8, 4) is 67.5 Å². The summed E-state index contributed by atoms with van der Waals surface area (Å²) < 4.78 is 2.59. The zero-order valence-corrected chi connectivity index (χ0v) is 27.3. The Morgan fingerprint density at radius 1 is 0.286 bits per heavy atom. The summed E-state index contributed by atoms with van der Waals surface area (Å²) in [5, 5.41) is 2.60. The summed E-state index contributed by atoms with van der Waals surface area (Å²) in [6.45, 7) is 0. The Balaban J connectivity index is 1.22. The van der Waals surface area contributed by atoms with E-state index in [1.165, 1.54) is 25.7 Å². The molecule has 0 aliphatic rings. The summed E-state index contributed by atoms with van der Waals surface area (Å²) in [7, 11) is 0. The molecule has 2 heterocycles. The molecule has 7 aromatic carbocycles. The van der Waals surface area contributed by atoms with Crippen LogP contribution in [0.15, 0.2) is 176 Å². The van der Waals surface area contributed by atoms with Gasteiger partial charge < -0.3 is 0 Å². The first kappa shape index (κ1) is 29.0. The topological polar surface area (TPSA) is 38.7 Å².